The topological polar surface area (TPSA) is 86.5 Å². The lowest BCUT2D eigenvalue weighted by molar-refractivity contribution is 0.0933. The Labute approximate surface area is 202 Å². The predicted octanol–water partition coefficient (Wildman–Crippen LogP) is 5.04. The van der Waals surface area contributed by atoms with E-state index in [0.717, 1.165) is 27.8 Å². The summed E-state index contributed by atoms with van der Waals surface area (Å²) >= 11 is 0. The third kappa shape index (κ3) is 5.45. The number of rotatable bonds is 9. The molecule has 0 aliphatic heterocycles. The first-order valence-electron chi connectivity index (χ1n) is 11.1. The maximum Gasteiger partial charge on any atom is 0.258 e. The first kappa shape index (κ1) is 24.3. The van der Waals surface area contributed by atoms with Crippen molar-refractivity contribution in [2.75, 3.05) is 27.4 Å². The number of hydrogen-bond acceptors (Lipinski definition) is 6. The van der Waals surface area contributed by atoms with Crippen molar-refractivity contribution in [2.45, 2.75) is 13.5 Å². The molecule has 0 bridgehead atoms. The standard InChI is InChI=1S/C27H26FN3O4/c1-17-6-4-5-7-21(17)22-10-9-19(14-20(22)16-34-3)27-30-25(31-35-27)18-8-11-23(24(28)15-18)26(32)29-12-13-33-2/h4-11,14-15H,12-13,16H2,1-3H3,(H,29,32). The number of halogens is 1. The average Bonchev–Trinajstić information content (AvgIpc) is 3.35. The fraction of sp³-hybridized carbons (Fsp3) is 0.222. The van der Waals surface area contributed by atoms with Crippen molar-refractivity contribution in [3.8, 4) is 34.0 Å². The van der Waals surface area contributed by atoms with Gasteiger partial charge in [-0.3, -0.25) is 4.79 Å². The molecule has 0 saturated carbocycles. The Bertz CT molecular complexity index is 1340. The molecule has 4 aromatic rings. The Hall–Kier alpha value is -3.88. The van der Waals surface area contributed by atoms with Gasteiger partial charge in [0.25, 0.3) is 11.8 Å². The zero-order valence-corrected chi connectivity index (χ0v) is 19.8. The highest BCUT2D eigenvalue weighted by Crippen LogP contribution is 2.31. The van der Waals surface area contributed by atoms with E-state index in [1.807, 2.05) is 30.3 Å². The summed E-state index contributed by atoms with van der Waals surface area (Å²) in [5, 5.41) is 6.61. The van der Waals surface area contributed by atoms with E-state index in [1.165, 1.54) is 19.2 Å². The van der Waals surface area contributed by atoms with Crippen LogP contribution in [-0.4, -0.2) is 43.4 Å². The van der Waals surface area contributed by atoms with Crippen LogP contribution in [0.3, 0.4) is 0 Å². The molecule has 7 nitrogen and oxygen atoms in total. The predicted molar refractivity (Wildman–Crippen MR) is 130 cm³/mol. The summed E-state index contributed by atoms with van der Waals surface area (Å²) in [6.45, 7) is 3.11. The normalized spacial score (nSPS) is 11.0. The number of hydrogen-bond donors (Lipinski definition) is 1. The van der Waals surface area contributed by atoms with Crippen LogP contribution in [0.5, 0.6) is 0 Å². The average molecular weight is 476 g/mol. The molecule has 0 aliphatic rings. The van der Waals surface area contributed by atoms with Crippen molar-refractivity contribution in [3.63, 3.8) is 0 Å². The van der Waals surface area contributed by atoms with Gasteiger partial charge < -0.3 is 19.3 Å². The number of aryl methyl sites for hydroxylation is 1. The lowest BCUT2D eigenvalue weighted by Crippen LogP contribution is -2.27. The van der Waals surface area contributed by atoms with Crippen LogP contribution in [0.25, 0.3) is 34.0 Å². The number of amides is 1. The molecule has 4 rings (SSSR count). The molecule has 8 heteroatoms. The van der Waals surface area contributed by atoms with Crippen LogP contribution >= 0.6 is 0 Å². The maximum atomic E-state index is 14.6. The Balaban J connectivity index is 1.60. The molecular formula is C27H26FN3O4. The van der Waals surface area contributed by atoms with Gasteiger partial charge in [-0.05, 0) is 53.4 Å². The summed E-state index contributed by atoms with van der Waals surface area (Å²) in [7, 11) is 3.17. The van der Waals surface area contributed by atoms with Crippen molar-refractivity contribution in [1.82, 2.24) is 15.5 Å². The van der Waals surface area contributed by atoms with Crippen LogP contribution in [0.4, 0.5) is 4.39 Å². The molecule has 1 aromatic heterocycles. The third-order valence-corrected chi connectivity index (χ3v) is 5.58. The number of nitrogens with one attached hydrogen (secondary N) is 1. The van der Waals surface area contributed by atoms with Crippen molar-refractivity contribution >= 4 is 5.91 Å². The van der Waals surface area contributed by atoms with Gasteiger partial charge in [0.15, 0.2) is 0 Å². The SMILES string of the molecule is COCCNC(=O)c1ccc(-c2noc(-c3ccc(-c4ccccc4C)c(COC)c3)n2)cc1F. The number of ether oxygens (including phenoxy) is 2. The molecule has 0 radical (unpaired) electrons. The van der Waals surface area contributed by atoms with Crippen LogP contribution < -0.4 is 5.32 Å². The number of carbonyl (C=O) groups excluding carboxylic acids is 1. The summed E-state index contributed by atoms with van der Waals surface area (Å²) in [6, 6.07) is 18.2. The second kappa shape index (κ2) is 11.0. The van der Waals surface area contributed by atoms with Gasteiger partial charge in [-0.25, -0.2) is 4.39 Å². The summed E-state index contributed by atoms with van der Waals surface area (Å²) in [5.41, 5.74) is 5.39. The molecular weight excluding hydrogens is 449 g/mol. The van der Waals surface area contributed by atoms with Gasteiger partial charge in [-0.1, -0.05) is 41.6 Å². The Morgan fingerprint density at radius 1 is 1.00 bits per heavy atom. The summed E-state index contributed by atoms with van der Waals surface area (Å²) in [6.07, 6.45) is 0. The van der Waals surface area contributed by atoms with Crippen molar-refractivity contribution in [1.29, 1.82) is 0 Å². The Kier molecular flexibility index (Phi) is 7.64. The molecule has 1 amide bonds. The first-order valence-corrected chi connectivity index (χ1v) is 11.1. The van der Waals surface area contributed by atoms with Crippen molar-refractivity contribution in [2.24, 2.45) is 0 Å². The minimum Gasteiger partial charge on any atom is -0.383 e. The number of carbonyl (C=O) groups is 1. The van der Waals surface area contributed by atoms with E-state index < -0.39 is 11.7 Å². The molecule has 1 N–H and O–H groups in total. The summed E-state index contributed by atoms with van der Waals surface area (Å²) in [4.78, 5) is 16.6. The number of methoxy groups -OCH3 is 2. The minimum absolute atomic E-state index is 0.0652. The highest BCUT2D eigenvalue weighted by atomic mass is 19.1. The fourth-order valence-electron chi connectivity index (χ4n) is 3.80. The highest BCUT2D eigenvalue weighted by molar-refractivity contribution is 5.94. The smallest absolute Gasteiger partial charge is 0.258 e. The molecule has 180 valence electrons. The first-order chi connectivity index (χ1) is 17.0. The Morgan fingerprint density at radius 3 is 2.54 bits per heavy atom. The summed E-state index contributed by atoms with van der Waals surface area (Å²) < 4.78 is 30.4. The van der Waals surface area contributed by atoms with E-state index in [-0.39, 0.29) is 11.4 Å². The van der Waals surface area contributed by atoms with E-state index in [0.29, 0.717) is 31.2 Å². The summed E-state index contributed by atoms with van der Waals surface area (Å²) in [5.74, 6) is -0.662. The molecule has 35 heavy (non-hydrogen) atoms. The second-order valence-electron chi connectivity index (χ2n) is 7.99. The monoisotopic (exact) mass is 475 g/mol. The minimum atomic E-state index is -0.672. The van der Waals surface area contributed by atoms with E-state index in [1.54, 1.807) is 13.2 Å². The molecule has 0 unspecified atom stereocenters. The van der Waals surface area contributed by atoms with Crippen LogP contribution in [0, 0.1) is 12.7 Å². The molecule has 0 spiro atoms. The quantitative estimate of drug-likeness (QED) is 0.341. The lowest BCUT2D eigenvalue weighted by atomic mass is 9.94. The number of aromatic nitrogens is 2. The largest absolute Gasteiger partial charge is 0.383 e. The zero-order valence-electron chi connectivity index (χ0n) is 19.8. The van der Waals surface area contributed by atoms with Crippen LogP contribution in [-0.2, 0) is 16.1 Å². The molecule has 0 saturated heterocycles. The molecule has 0 atom stereocenters. The van der Waals surface area contributed by atoms with Gasteiger partial charge in [0.05, 0.1) is 18.8 Å². The van der Waals surface area contributed by atoms with Crippen molar-refractivity contribution < 1.29 is 23.2 Å². The van der Waals surface area contributed by atoms with Gasteiger partial charge in [0.1, 0.15) is 5.82 Å². The van der Waals surface area contributed by atoms with E-state index in [4.69, 9.17) is 14.0 Å². The van der Waals surface area contributed by atoms with Gasteiger partial charge >= 0.3 is 0 Å². The van der Waals surface area contributed by atoms with Gasteiger partial charge in [-0.2, -0.15) is 4.98 Å². The number of benzene rings is 3. The van der Waals surface area contributed by atoms with Gasteiger partial charge in [-0.15, -0.1) is 0 Å². The molecule has 3 aromatic carbocycles. The maximum absolute atomic E-state index is 14.6. The molecule has 0 aliphatic carbocycles. The van der Waals surface area contributed by atoms with Gasteiger partial charge in [0, 0.05) is 31.9 Å². The van der Waals surface area contributed by atoms with Crippen LogP contribution in [0.15, 0.2) is 65.2 Å². The highest BCUT2D eigenvalue weighted by Gasteiger charge is 2.17. The van der Waals surface area contributed by atoms with E-state index in [2.05, 4.69) is 34.5 Å². The van der Waals surface area contributed by atoms with E-state index in [9.17, 15) is 9.18 Å². The second-order valence-corrected chi connectivity index (χ2v) is 7.99. The number of nitrogens with zero attached hydrogens (tertiary/aromatic N) is 2. The molecule has 1 heterocycles. The zero-order chi connectivity index (χ0) is 24.8. The van der Waals surface area contributed by atoms with Crippen LogP contribution in [0.2, 0.25) is 0 Å². The van der Waals surface area contributed by atoms with Crippen molar-refractivity contribution in [3.05, 3.63) is 83.2 Å². The fourth-order valence-corrected chi connectivity index (χ4v) is 3.80. The molecule has 0 fully saturated rings. The van der Waals surface area contributed by atoms with Gasteiger partial charge in [0.2, 0.25) is 5.82 Å². The van der Waals surface area contributed by atoms with Crippen LogP contribution in [0.1, 0.15) is 21.5 Å². The lowest BCUT2D eigenvalue weighted by Gasteiger charge is -2.12. The van der Waals surface area contributed by atoms with E-state index >= 15 is 0 Å². The Morgan fingerprint density at radius 2 is 1.80 bits per heavy atom. The third-order valence-electron chi connectivity index (χ3n) is 5.58.